The lowest BCUT2D eigenvalue weighted by Gasteiger charge is -2.10. The SMILES string of the molecule is O=C(CCCCCCCCCc1ccccc1)OC[C@@H]1CC(F)(C(=O)O)C(=O)O1. The van der Waals surface area contributed by atoms with Gasteiger partial charge in [-0.1, -0.05) is 62.4 Å². The minimum Gasteiger partial charge on any atom is -0.478 e. The van der Waals surface area contributed by atoms with Crippen molar-refractivity contribution in [2.24, 2.45) is 0 Å². The molecule has 0 aromatic heterocycles. The molecule has 0 bridgehead atoms. The number of alkyl halides is 1. The first-order valence-electron chi connectivity index (χ1n) is 10.2. The molecule has 0 aliphatic carbocycles. The monoisotopic (exact) mass is 408 g/mol. The number of rotatable bonds is 13. The number of halogens is 1. The van der Waals surface area contributed by atoms with Gasteiger partial charge in [0, 0.05) is 12.8 Å². The van der Waals surface area contributed by atoms with Crippen LogP contribution in [0.1, 0.15) is 63.4 Å². The van der Waals surface area contributed by atoms with Gasteiger partial charge in [-0.3, -0.25) is 4.79 Å². The van der Waals surface area contributed by atoms with Crippen molar-refractivity contribution in [3.63, 3.8) is 0 Å². The van der Waals surface area contributed by atoms with Gasteiger partial charge in [0.15, 0.2) is 0 Å². The van der Waals surface area contributed by atoms with Gasteiger partial charge in [-0.05, 0) is 24.8 Å². The highest BCUT2D eigenvalue weighted by Gasteiger charge is 2.56. The fourth-order valence-corrected chi connectivity index (χ4v) is 3.34. The number of hydrogen-bond donors (Lipinski definition) is 1. The summed E-state index contributed by atoms with van der Waals surface area (Å²) in [6.45, 7) is -0.315. The summed E-state index contributed by atoms with van der Waals surface area (Å²) in [7, 11) is 0. The predicted octanol–water partition coefficient (Wildman–Crippen LogP) is 4.00. The van der Waals surface area contributed by atoms with E-state index in [-0.39, 0.29) is 13.0 Å². The first-order valence-corrected chi connectivity index (χ1v) is 10.2. The molecular weight excluding hydrogens is 379 g/mol. The van der Waals surface area contributed by atoms with Crippen molar-refractivity contribution in [2.75, 3.05) is 6.61 Å². The van der Waals surface area contributed by atoms with Gasteiger partial charge in [-0.25, -0.2) is 14.0 Å². The molecule has 29 heavy (non-hydrogen) atoms. The Morgan fingerprint density at radius 3 is 2.31 bits per heavy atom. The van der Waals surface area contributed by atoms with Crippen molar-refractivity contribution in [1.82, 2.24) is 0 Å². The van der Waals surface area contributed by atoms with Crippen molar-refractivity contribution < 1.29 is 33.4 Å². The van der Waals surface area contributed by atoms with Crippen LogP contribution in [-0.2, 0) is 30.3 Å². The molecule has 0 amide bonds. The third kappa shape index (κ3) is 7.48. The number of carboxylic acid groups (broad SMARTS) is 1. The Labute approximate surface area is 170 Å². The van der Waals surface area contributed by atoms with E-state index in [9.17, 15) is 18.8 Å². The zero-order valence-electron chi connectivity index (χ0n) is 16.6. The number of carbonyl (C=O) groups excluding carboxylic acids is 2. The summed E-state index contributed by atoms with van der Waals surface area (Å²) in [4.78, 5) is 33.8. The minimum absolute atomic E-state index is 0.244. The largest absolute Gasteiger partial charge is 0.478 e. The maximum atomic E-state index is 13.9. The number of esters is 2. The number of unbranched alkanes of at least 4 members (excludes halogenated alkanes) is 6. The smallest absolute Gasteiger partial charge is 0.356 e. The predicted molar refractivity (Wildman–Crippen MR) is 104 cm³/mol. The average Bonchev–Trinajstić information content (AvgIpc) is 3.01. The van der Waals surface area contributed by atoms with Gasteiger partial charge in [0.05, 0.1) is 0 Å². The Balaban J connectivity index is 1.44. The van der Waals surface area contributed by atoms with Crippen LogP contribution in [0.5, 0.6) is 0 Å². The van der Waals surface area contributed by atoms with Crippen LogP contribution in [0, 0.1) is 0 Å². The number of ether oxygens (including phenoxy) is 2. The van der Waals surface area contributed by atoms with E-state index >= 15 is 0 Å². The fraction of sp³-hybridized carbons (Fsp3) is 0.591. The first-order chi connectivity index (χ1) is 13.9. The second-order valence-electron chi connectivity index (χ2n) is 7.48. The van der Waals surface area contributed by atoms with E-state index in [1.165, 1.54) is 24.8 Å². The zero-order chi connectivity index (χ0) is 21.1. The van der Waals surface area contributed by atoms with Crippen molar-refractivity contribution in [2.45, 2.75) is 76.0 Å². The van der Waals surface area contributed by atoms with E-state index in [4.69, 9.17) is 9.84 Å². The Morgan fingerprint density at radius 1 is 1.07 bits per heavy atom. The highest BCUT2D eigenvalue weighted by atomic mass is 19.1. The Bertz CT molecular complexity index is 677. The molecule has 1 aliphatic rings. The lowest BCUT2D eigenvalue weighted by Crippen LogP contribution is -2.38. The van der Waals surface area contributed by atoms with E-state index in [0.29, 0.717) is 6.42 Å². The molecule has 1 heterocycles. The molecule has 6 nitrogen and oxygen atoms in total. The van der Waals surface area contributed by atoms with E-state index in [1.807, 2.05) is 6.07 Å². The van der Waals surface area contributed by atoms with Crippen LogP contribution in [0.15, 0.2) is 30.3 Å². The van der Waals surface area contributed by atoms with Crippen molar-refractivity contribution in [1.29, 1.82) is 0 Å². The molecule has 1 aromatic rings. The molecule has 2 rings (SSSR count). The number of hydrogen-bond acceptors (Lipinski definition) is 5. The van der Waals surface area contributed by atoms with E-state index in [0.717, 1.165) is 25.7 Å². The quantitative estimate of drug-likeness (QED) is 0.301. The Hall–Kier alpha value is -2.44. The summed E-state index contributed by atoms with van der Waals surface area (Å²) in [5.74, 6) is -3.76. The molecule has 1 aliphatic heterocycles. The second-order valence-corrected chi connectivity index (χ2v) is 7.48. The van der Waals surface area contributed by atoms with Gasteiger partial charge in [-0.15, -0.1) is 0 Å². The Morgan fingerprint density at radius 2 is 1.69 bits per heavy atom. The molecule has 1 unspecified atom stereocenters. The van der Waals surface area contributed by atoms with Crippen LogP contribution < -0.4 is 0 Å². The van der Waals surface area contributed by atoms with Crippen LogP contribution in [0.4, 0.5) is 4.39 Å². The average molecular weight is 408 g/mol. The van der Waals surface area contributed by atoms with Crippen molar-refractivity contribution in [3.8, 4) is 0 Å². The van der Waals surface area contributed by atoms with Crippen LogP contribution in [0.3, 0.4) is 0 Å². The Kier molecular flexibility index (Phi) is 9.09. The van der Waals surface area contributed by atoms with E-state index in [2.05, 4.69) is 29.0 Å². The maximum Gasteiger partial charge on any atom is 0.356 e. The summed E-state index contributed by atoms with van der Waals surface area (Å²) >= 11 is 0. The summed E-state index contributed by atoms with van der Waals surface area (Å²) < 4.78 is 23.5. The summed E-state index contributed by atoms with van der Waals surface area (Å²) in [5.41, 5.74) is -1.67. The molecule has 0 spiro atoms. The van der Waals surface area contributed by atoms with E-state index < -0.39 is 36.1 Å². The second kappa shape index (κ2) is 11.5. The third-order valence-electron chi connectivity index (χ3n) is 5.06. The first kappa shape index (κ1) is 22.8. The summed E-state index contributed by atoms with van der Waals surface area (Å²) in [6, 6.07) is 10.4. The van der Waals surface area contributed by atoms with Crippen molar-refractivity contribution in [3.05, 3.63) is 35.9 Å². The normalized spacial score (nSPS) is 21.0. The molecule has 1 N–H and O–H groups in total. The molecule has 2 atom stereocenters. The number of aryl methyl sites for hydroxylation is 1. The number of benzene rings is 1. The lowest BCUT2D eigenvalue weighted by molar-refractivity contribution is -0.164. The fourth-order valence-electron chi connectivity index (χ4n) is 3.34. The molecule has 160 valence electrons. The molecule has 1 fully saturated rings. The van der Waals surface area contributed by atoms with Gasteiger partial charge in [0.1, 0.15) is 12.7 Å². The van der Waals surface area contributed by atoms with Gasteiger partial charge in [-0.2, -0.15) is 0 Å². The minimum atomic E-state index is -3.04. The van der Waals surface area contributed by atoms with Crippen LogP contribution in [0.2, 0.25) is 0 Å². The molecule has 1 saturated heterocycles. The van der Waals surface area contributed by atoms with Gasteiger partial charge in [0.25, 0.3) is 0 Å². The number of cyclic esters (lactones) is 1. The molecule has 0 radical (unpaired) electrons. The highest BCUT2D eigenvalue weighted by molar-refractivity contribution is 6.03. The number of carboxylic acids is 1. The number of aliphatic carboxylic acids is 1. The van der Waals surface area contributed by atoms with Crippen LogP contribution in [0.25, 0.3) is 0 Å². The van der Waals surface area contributed by atoms with Gasteiger partial charge >= 0.3 is 23.6 Å². The number of carbonyl (C=O) groups is 3. The van der Waals surface area contributed by atoms with Crippen LogP contribution >= 0.6 is 0 Å². The summed E-state index contributed by atoms with van der Waals surface area (Å²) in [6.07, 6.45) is 7.05. The molecular formula is C22H29FO6. The van der Waals surface area contributed by atoms with Crippen molar-refractivity contribution >= 4 is 17.9 Å². The molecule has 0 saturated carbocycles. The third-order valence-corrected chi connectivity index (χ3v) is 5.06. The highest BCUT2D eigenvalue weighted by Crippen LogP contribution is 2.30. The molecule has 1 aromatic carbocycles. The van der Waals surface area contributed by atoms with Crippen LogP contribution in [-0.4, -0.2) is 41.4 Å². The summed E-state index contributed by atoms with van der Waals surface area (Å²) in [5, 5.41) is 8.74. The molecule has 7 heteroatoms. The maximum absolute atomic E-state index is 13.9. The van der Waals surface area contributed by atoms with Gasteiger partial charge < -0.3 is 14.6 Å². The van der Waals surface area contributed by atoms with Gasteiger partial charge in [0.2, 0.25) is 0 Å². The van der Waals surface area contributed by atoms with E-state index in [1.54, 1.807) is 0 Å². The zero-order valence-corrected chi connectivity index (χ0v) is 16.6. The standard InChI is InChI=1S/C22H29FO6/c23-22(20(25)26)15-18(29-21(22)27)16-28-19(24)14-10-5-3-1-2-4-7-11-17-12-8-6-9-13-17/h6,8-9,12-13,18H,1-5,7,10-11,14-16H2,(H,25,26)/t18-,22?/m0/s1. The lowest BCUT2D eigenvalue weighted by atomic mass is 10.0. The topological polar surface area (TPSA) is 89.9 Å².